The molecule has 4 aliphatic rings. The molecule has 0 fully saturated rings. The van der Waals surface area contributed by atoms with Gasteiger partial charge in [-0.2, -0.15) is 5.26 Å². The molecule has 24 heavy (non-hydrogen) atoms. The van der Waals surface area contributed by atoms with Crippen molar-refractivity contribution in [3.8, 4) is 6.07 Å². The van der Waals surface area contributed by atoms with Crippen LogP contribution in [0.25, 0.3) is 0 Å². The van der Waals surface area contributed by atoms with Gasteiger partial charge in [0.1, 0.15) is 0 Å². The third kappa shape index (κ3) is 2.07. The van der Waals surface area contributed by atoms with Crippen molar-refractivity contribution >= 4 is 0 Å². The predicted octanol–water partition coefficient (Wildman–Crippen LogP) is 4.95. The number of hydrogen-bond donors (Lipinski definition) is 1. The standard InChI is InChI=1S/C22H26N2/c1-5-15-11-19-16(8-13(15)2)10-18-17-7-6-14(12-23)9-20(17)24-21(18)22(19,3)4/h6-8,11,16,19-20,24H,5,9-10H2,1-4H3. The van der Waals surface area contributed by atoms with Crippen molar-refractivity contribution in [1.29, 1.82) is 5.26 Å². The van der Waals surface area contributed by atoms with Crippen LogP contribution in [-0.4, -0.2) is 6.04 Å². The molecular weight excluding hydrogens is 292 g/mol. The lowest BCUT2D eigenvalue weighted by Crippen LogP contribution is -2.40. The second-order valence-electron chi connectivity index (χ2n) is 8.19. The van der Waals surface area contributed by atoms with Crippen LogP contribution in [0, 0.1) is 28.6 Å². The third-order valence-corrected chi connectivity index (χ3v) is 6.49. The van der Waals surface area contributed by atoms with E-state index in [2.05, 4.69) is 57.3 Å². The third-order valence-electron chi connectivity index (χ3n) is 6.49. The van der Waals surface area contributed by atoms with Crippen molar-refractivity contribution in [3.05, 3.63) is 57.9 Å². The molecule has 1 aliphatic heterocycles. The minimum Gasteiger partial charge on any atom is -0.380 e. The van der Waals surface area contributed by atoms with Crippen molar-refractivity contribution in [2.75, 3.05) is 0 Å². The zero-order valence-corrected chi connectivity index (χ0v) is 15.1. The minimum absolute atomic E-state index is 0.112. The van der Waals surface area contributed by atoms with Crippen molar-refractivity contribution in [2.24, 2.45) is 17.3 Å². The van der Waals surface area contributed by atoms with E-state index in [0.29, 0.717) is 17.9 Å². The number of nitriles is 1. The van der Waals surface area contributed by atoms with Crippen LogP contribution in [0.3, 0.4) is 0 Å². The Balaban J connectivity index is 1.78. The van der Waals surface area contributed by atoms with Crippen molar-refractivity contribution in [3.63, 3.8) is 0 Å². The summed E-state index contributed by atoms with van der Waals surface area (Å²) in [5.74, 6) is 1.16. The van der Waals surface area contributed by atoms with Gasteiger partial charge < -0.3 is 5.32 Å². The van der Waals surface area contributed by atoms with Gasteiger partial charge in [0.25, 0.3) is 0 Å². The van der Waals surface area contributed by atoms with Gasteiger partial charge in [0.15, 0.2) is 0 Å². The fourth-order valence-corrected chi connectivity index (χ4v) is 5.16. The van der Waals surface area contributed by atoms with Gasteiger partial charge in [-0.05, 0) is 54.4 Å². The van der Waals surface area contributed by atoms with Crippen LogP contribution in [-0.2, 0) is 0 Å². The van der Waals surface area contributed by atoms with Gasteiger partial charge in [-0.3, -0.25) is 0 Å². The molecular formula is C22H26N2. The second kappa shape index (κ2) is 5.24. The second-order valence-corrected chi connectivity index (χ2v) is 8.19. The zero-order chi connectivity index (χ0) is 17.1. The maximum atomic E-state index is 9.22. The lowest BCUT2D eigenvalue weighted by molar-refractivity contribution is 0.220. The molecule has 0 aromatic carbocycles. The molecule has 3 unspecified atom stereocenters. The Kier molecular flexibility index (Phi) is 3.39. The number of nitrogens with one attached hydrogen (secondary N) is 1. The Hall–Kier alpha value is -2.01. The van der Waals surface area contributed by atoms with Gasteiger partial charge in [0.2, 0.25) is 0 Å². The van der Waals surface area contributed by atoms with Crippen molar-refractivity contribution in [2.45, 2.75) is 53.0 Å². The SMILES string of the molecule is CCC1=CC2C(C=C1C)CC1=C(NC3CC(C#N)=CC=C13)C2(C)C. The molecule has 0 amide bonds. The van der Waals surface area contributed by atoms with Gasteiger partial charge in [0, 0.05) is 23.1 Å². The first-order valence-corrected chi connectivity index (χ1v) is 9.16. The highest BCUT2D eigenvalue weighted by atomic mass is 15.0. The van der Waals surface area contributed by atoms with E-state index in [1.165, 1.54) is 28.0 Å². The molecule has 3 aliphatic carbocycles. The van der Waals surface area contributed by atoms with Crippen LogP contribution in [0.4, 0.5) is 0 Å². The van der Waals surface area contributed by atoms with E-state index in [-0.39, 0.29) is 5.41 Å². The summed E-state index contributed by atoms with van der Waals surface area (Å²) < 4.78 is 0. The van der Waals surface area contributed by atoms with Crippen LogP contribution < -0.4 is 5.32 Å². The molecule has 0 saturated heterocycles. The van der Waals surface area contributed by atoms with E-state index >= 15 is 0 Å². The number of fused-ring (bicyclic) bond motifs is 3. The fraction of sp³-hybridized carbons (Fsp3) is 0.500. The lowest BCUT2D eigenvalue weighted by Gasteiger charge is -2.45. The highest BCUT2D eigenvalue weighted by Gasteiger charge is 2.48. The summed E-state index contributed by atoms with van der Waals surface area (Å²) in [7, 11) is 0. The Morgan fingerprint density at radius 1 is 1.25 bits per heavy atom. The molecule has 1 heterocycles. The molecule has 1 N–H and O–H groups in total. The first kappa shape index (κ1) is 15.5. The summed E-state index contributed by atoms with van der Waals surface area (Å²) in [6.07, 6.45) is 12.3. The number of hydrogen-bond acceptors (Lipinski definition) is 2. The number of allylic oxidation sites excluding steroid dienone is 7. The largest absolute Gasteiger partial charge is 0.380 e. The van der Waals surface area contributed by atoms with E-state index in [0.717, 1.165) is 24.8 Å². The molecule has 0 radical (unpaired) electrons. The first-order valence-electron chi connectivity index (χ1n) is 9.16. The maximum absolute atomic E-state index is 9.22. The quantitative estimate of drug-likeness (QED) is 0.742. The van der Waals surface area contributed by atoms with E-state index < -0.39 is 0 Å². The van der Waals surface area contributed by atoms with Gasteiger partial charge in [-0.1, -0.05) is 44.6 Å². The van der Waals surface area contributed by atoms with E-state index in [1.807, 2.05) is 6.08 Å². The van der Waals surface area contributed by atoms with Crippen LogP contribution in [0.2, 0.25) is 0 Å². The molecule has 2 heteroatoms. The van der Waals surface area contributed by atoms with Gasteiger partial charge >= 0.3 is 0 Å². The first-order chi connectivity index (χ1) is 11.5. The highest BCUT2D eigenvalue weighted by molar-refractivity contribution is 5.55. The zero-order valence-electron chi connectivity index (χ0n) is 15.1. The van der Waals surface area contributed by atoms with Crippen molar-refractivity contribution < 1.29 is 0 Å². The summed E-state index contributed by atoms with van der Waals surface area (Å²) in [4.78, 5) is 0. The van der Waals surface area contributed by atoms with Gasteiger partial charge in [-0.15, -0.1) is 0 Å². The maximum Gasteiger partial charge on any atom is 0.0948 e. The summed E-state index contributed by atoms with van der Waals surface area (Å²) in [6.45, 7) is 9.30. The van der Waals surface area contributed by atoms with E-state index in [1.54, 1.807) is 0 Å². The molecule has 0 aromatic rings. The highest BCUT2D eigenvalue weighted by Crippen LogP contribution is 2.55. The fourth-order valence-electron chi connectivity index (χ4n) is 5.16. The Morgan fingerprint density at radius 3 is 2.75 bits per heavy atom. The average Bonchev–Trinajstić information content (AvgIpc) is 2.93. The van der Waals surface area contributed by atoms with Crippen LogP contribution in [0.15, 0.2) is 57.9 Å². The molecule has 3 atom stereocenters. The summed E-state index contributed by atoms with van der Waals surface area (Å²) >= 11 is 0. The van der Waals surface area contributed by atoms with Gasteiger partial charge in [0.05, 0.1) is 12.1 Å². The molecule has 2 nitrogen and oxygen atoms in total. The molecule has 0 aromatic heterocycles. The normalized spacial score (nSPS) is 33.0. The monoisotopic (exact) mass is 318 g/mol. The Morgan fingerprint density at radius 2 is 2.04 bits per heavy atom. The van der Waals surface area contributed by atoms with Gasteiger partial charge in [-0.25, -0.2) is 0 Å². The van der Waals surface area contributed by atoms with Crippen LogP contribution in [0.5, 0.6) is 0 Å². The summed E-state index contributed by atoms with van der Waals surface area (Å²) in [5.41, 5.74) is 8.33. The minimum atomic E-state index is 0.112. The molecule has 124 valence electrons. The molecule has 0 bridgehead atoms. The molecule has 0 spiro atoms. The van der Waals surface area contributed by atoms with E-state index in [9.17, 15) is 5.26 Å². The summed E-state index contributed by atoms with van der Waals surface area (Å²) in [5, 5.41) is 13.0. The Labute approximate surface area is 145 Å². The smallest absolute Gasteiger partial charge is 0.0948 e. The lowest BCUT2D eigenvalue weighted by atomic mass is 9.60. The average molecular weight is 318 g/mol. The molecule has 0 saturated carbocycles. The molecule has 4 rings (SSSR count). The Bertz CT molecular complexity index is 792. The van der Waals surface area contributed by atoms with E-state index in [4.69, 9.17) is 0 Å². The predicted molar refractivity (Wildman–Crippen MR) is 97.9 cm³/mol. The summed E-state index contributed by atoms with van der Waals surface area (Å²) in [6, 6.07) is 2.63. The van der Waals surface area contributed by atoms with Crippen LogP contribution in [0.1, 0.15) is 47.0 Å². The topological polar surface area (TPSA) is 35.8 Å². The van der Waals surface area contributed by atoms with Crippen LogP contribution >= 0.6 is 0 Å². The van der Waals surface area contributed by atoms with Crippen molar-refractivity contribution in [1.82, 2.24) is 5.32 Å². The number of rotatable bonds is 1. The number of nitrogens with zero attached hydrogens (tertiary/aromatic N) is 1.